The number of nitrogens with zero attached hydrogens (tertiary/aromatic N) is 2. The molecule has 0 amide bonds. The van der Waals surface area contributed by atoms with Crippen molar-refractivity contribution in [2.75, 3.05) is 11.9 Å². The molecule has 3 aromatic heterocycles. The van der Waals surface area contributed by atoms with Gasteiger partial charge in [0.05, 0.1) is 0 Å². The van der Waals surface area contributed by atoms with Crippen LogP contribution in [-0.2, 0) is 12.8 Å². The van der Waals surface area contributed by atoms with Crippen molar-refractivity contribution in [3.8, 4) is 0 Å². The highest BCUT2D eigenvalue weighted by Crippen LogP contribution is 2.18. The number of benzene rings is 1. The van der Waals surface area contributed by atoms with E-state index in [1.54, 1.807) is 11.3 Å². The quantitative estimate of drug-likeness (QED) is 0.498. The number of hydrogen-bond acceptors (Lipinski definition) is 5. The molecule has 1 aromatic carbocycles. The van der Waals surface area contributed by atoms with E-state index >= 15 is 0 Å². The Kier molecular flexibility index (Phi) is 4.30. The van der Waals surface area contributed by atoms with Gasteiger partial charge in [-0.2, -0.15) is 0 Å². The van der Waals surface area contributed by atoms with Crippen molar-refractivity contribution in [1.82, 2.24) is 20.2 Å². The molecule has 0 unspecified atom stereocenters. The van der Waals surface area contributed by atoms with E-state index in [9.17, 15) is 4.79 Å². The third kappa shape index (κ3) is 3.46. The van der Waals surface area contributed by atoms with Gasteiger partial charge in [0.1, 0.15) is 5.69 Å². The number of para-hydroxylation sites is 1. The molecule has 7 heteroatoms. The molecule has 0 aliphatic rings. The minimum atomic E-state index is -0.196. The first-order chi connectivity index (χ1) is 12.3. The molecule has 0 atom stereocenters. The van der Waals surface area contributed by atoms with Crippen LogP contribution in [0.15, 0.2) is 52.8 Å². The summed E-state index contributed by atoms with van der Waals surface area (Å²) >= 11 is 1.60. The molecule has 0 saturated carbocycles. The van der Waals surface area contributed by atoms with Gasteiger partial charge in [-0.25, -0.2) is 0 Å². The largest absolute Gasteiger partial charge is 0.361 e. The van der Waals surface area contributed by atoms with E-state index in [0.717, 1.165) is 16.8 Å². The Balaban J connectivity index is 1.40. The topological polar surface area (TPSA) is 86.5 Å². The van der Waals surface area contributed by atoms with Crippen molar-refractivity contribution in [2.24, 2.45) is 0 Å². The first-order valence-corrected chi connectivity index (χ1v) is 8.95. The number of thiophene rings is 1. The van der Waals surface area contributed by atoms with Crippen LogP contribution in [0.2, 0.25) is 0 Å². The second-order valence-electron chi connectivity index (χ2n) is 5.74. The molecular weight excluding hydrogens is 334 g/mol. The fourth-order valence-electron chi connectivity index (χ4n) is 2.79. The summed E-state index contributed by atoms with van der Waals surface area (Å²) in [6, 6.07) is 12.1. The second kappa shape index (κ2) is 6.90. The van der Waals surface area contributed by atoms with E-state index in [0.29, 0.717) is 24.6 Å². The lowest BCUT2D eigenvalue weighted by molar-refractivity contribution is 0.859. The normalized spacial score (nSPS) is 11.0. The predicted octanol–water partition coefficient (Wildman–Crippen LogP) is 2.95. The molecule has 25 heavy (non-hydrogen) atoms. The molecule has 6 nitrogen and oxygen atoms in total. The summed E-state index contributed by atoms with van der Waals surface area (Å²) in [7, 11) is 0. The van der Waals surface area contributed by atoms with Crippen LogP contribution in [0.3, 0.4) is 0 Å². The highest BCUT2D eigenvalue weighted by Gasteiger charge is 2.07. The van der Waals surface area contributed by atoms with Crippen LogP contribution in [0.4, 0.5) is 5.95 Å². The van der Waals surface area contributed by atoms with E-state index in [-0.39, 0.29) is 5.56 Å². The van der Waals surface area contributed by atoms with Gasteiger partial charge in [0.2, 0.25) is 5.95 Å². The van der Waals surface area contributed by atoms with Crippen molar-refractivity contribution in [3.05, 3.63) is 74.5 Å². The lowest BCUT2D eigenvalue weighted by Crippen LogP contribution is -2.20. The first kappa shape index (κ1) is 15.6. The van der Waals surface area contributed by atoms with Gasteiger partial charge < -0.3 is 10.3 Å². The lowest BCUT2D eigenvalue weighted by Gasteiger charge is -2.05. The van der Waals surface area contributed by atoms with Crippen molar-refractivity contribution in [2.45, 2.75) is 12.8 Å². The zero-order valence-electron chi connectivity index (χ0n) is 13.5. The van der Waals surface area contributed by atoms with Gasteiger partial charge in [0.25, 0.3) is 5.56 Å². The van der Waals surface area contributed by atoms with Crippen molar-refractivity contribution in [1.29, 1.82) is 0 Å². The average molecular weight is 351 g/mol. The molecule has 3 heterocycles. The van der Waals surface area contributed by atoms with Gasteiger partial charge in [0, 0.05) is 34.9 Å². The number of aromatic amines is 2. The van der Waals surface area contributed by atoms with E-state index in [2.05, 4.69) is 37.6 Å². The monoisotopic (exact) mass is 351 g/mol. The smallest absolute Gasteiger partial charge is 0.274 e. The SMILES string of the molecule is O=c1[nH]c(NCCc2c[nH]c3ccccc23)nnc1Cc1cccs1. The van der Waals surface area contributed by atoms with Gasteiger partial charge in [-0.3, -0.25) is 9.78 Å². The third-order valence-electron chi connectivity index (χ3n) is 4.05. The molecule has 0 radical (unpaired) electrons. The van der Waals surface area contributed by atoms with Crippen molar-refractivity contribution in [3.63, 3.8) is 0 Å². The zero-order valence-corrected chi connectivity index (χ0v) is 14.3. The number of nitrogens with one attached hydrogen (secondary N) is 3. The highest BCUT2D eigenvalue weighted by atomic mass is 32.1. The Labute approximate surface area is 148 Å². The maximum Gasteiger partial charge on any atom is 0.274 e. The molecule has 0 aliphatic heterocycles. The van der Waals surface area contributed by atoms with Crippen LogP contribution in [0.1, 0.15) is 16.1 Å². The molecule has 0 bridgehead atoms. The number of fused-ring (bicyclic) bond motifs is 1. The molecular formula is C18H17N5OS. The number of H-pyrrole nitrogens is 2. The lowest BCUT2D eigenvalue weighted by atomic mass is 10.1. The van der Waals surface area contributed by atoms with Gasteiger partial charge in [-0.1, -0.05) is 24.3 Å². The summed E-state index contributed by atoms with van der Waals surface area (Å²) in [6.07, 6.45) is 3.35. The van der Waals surface area contributed by atoms with E-state index in [4.69, 9.17) is 0 Å². The minimum Gasteiger partial charge on any atom is -0.361 e. The molecule has 0 spiro atoms. The molecule has 0 fully saturated rings. The zero-order chi connectivity index (χ0) is 17.1. The van der Waals surface area contributed by atoms with Crippen LogP contribution in [0.5, 0.6) is 0 Å². The van der Waals surface area contributed by atoms with Crippen LogP contribution in [0.25, 0.3) is 10.9 Å². The Morgan fingerprint density at radius 3 is 2.88 bits per heavy atom. The summed E-state index contributed by atoms with van der Waals surface area (Å²) in [5, 5.41) is 14.5. The summed E-state index contributed by atoms with van der Waals surface area (Å²) in [5.74, 6) is 0.403. The summed E-state index contributed by atoms with van der Waals surface area (Å²) in [4.78, 5) is 19.3. The van der Waals surface area contributed by atoms with Crippen molar-refractivity contribution >= 4 is 28.2 Å². The summed E-state index contributed by atoms with van der Waals surface area (Å²) in [5.41, 5.74) is 2.60. The maximum absolute atomic E-state index is 12.1. The van der Waals surface area contributed by atoms with Crippen molar-refractivity contribution < 1.29 is 0 Å². The fourth-order valence-corrected chi connectivity index (χ4v) is 3.50. The predicted molar refractivity (Wildman–Crippen MR) is 100 cm³/mol. The standard InChI is InChI=1S/C18H17N5OS/c24-17-16(10-13-4-3-9-25-13)22-23-18(21-17)19-8-7-12-11-20-15-6-2-1-5-14(12)15/h1-6,9,11,20H,7-8,10H2,(H2,19,21,23,24). The van der Waals surface area contributed by atoms with E-state index in [1.165, 1.54) is 10.9 Å². The summed E-state index contributed by atoms with van der Waals surface area (Å²) in [6.45, 7) is 0.663. The number of aromatic nitrogens is 4. The maximum atomic E-state index is 12.1. The fraction of sp³-hybridized carbons (Fsp3) is 0.167. The van der Waals surface area contributed by atoms with E-state index in [1.807, 2.05) is 35.8 Å². The van der Waals surface area contributed by atoms with Crippen LogP contribution in [0, 0.1) is 0 Å². The molecule has 4 aromatic rings. The van der Waals surface area contributed by atoms with Crippen LogP contribution in [-0.4, -0.2) is 26.7 Å². The molecule has 126 valence electrons. The number of rotatable bonds is 6. The average Bonchev–Trinajstić information content (AvgIpc) is 3.27. The molecule has 0 saturated heterocycles. The Morgan fingerprint density at radius 1 is 1.12 bits per heavy atom. The van der Waals surface area contributed by atoms with Gasteiger partial charge >= 0.3 is 0 Å². The van der Waals surface area contributed by atoms with Crippen LogP contribution < -0.4 is 10.9 Å². The first-order valence-electron chi connectivity index (χ1n) is 8.07. The Morgan fingerprint density at radius 2 is 2.04 bits per heavy atom. The number of hydrogen-bond donors (Lipinski definition) is 3. The molecule has 4 rings (SSSR count). The second-order valence-corrected chi connectivity index (χ2v) is 6.77. The summed E-state index contributed by atoms with van der Waals surface area (Å²) < 4.78 is 0. The van der Waals surface area contributed by atoms with E-state index < -0.39 is 0 Å². The van der Waals surface area contributed by atoms with Gasteiger partial charge in [0.15, 0.2) is 0 Å². The number of anilines is 1. The van der Waals surface area contributed by atoms with Gasteiger partial charge in [-0.15, -0.1) is 21.5 Å². The molecule has 3 N–H and O–H groups in total. The third-order valence-corrected chi connectivity index (χ3v) is 4.92. The van der Waals surface area contributed by atoms with Gasteiger partial charge in [-0.05, 0) is 29.5 Å². The highest BCUT2D eigenvalue weighted by molar-refractivity contribution is 7.09. The Hall–Kier alpha value is -2.93. The molecule has 0 aliphatic carbocycles. The van der Waals surface area contributed by atoms with Crippen LogP contribution >= 0.6 is 11.3 Å². The minimum absolute atomic E-state index is 0.196. The Bertz CT molecular complexity index is 1030.